The Kier molecular flexibility index (Phi) is 4.68. The highest BCUT2D eigenvalue weighted by atomic mass is 16.5. The van der Waals surface area contributed by atoms with Gasteiger partial charge in [0, 0.05) is 41.6 Å². The number of fused-ring (bicyclic) bond motifs is 2. The summed E-state index contributed by atoms with van der Waals surface area (Å²) in [5, 5.41) is 7.07. The van der Waals surface area contributed by atoms with Crippen molar-refractivity contribution in [3.63, 3.8) is 0 Å². The first-order valence-corrected chi connectivity index (χ1v) is 9.46. The Bertz CT molecular complexity index is 815. The van der Waals surface area contributed by atoms with Crippen LogP contribution in [0.1, 0.15) is 53.1 Å². The van der Waals surface area contributed by atoms with Gasteiger partial charge in [-0.2, -0.15) is 0 Å². The fraction of sp³-hybridized carbons (Fsp3) is 0.500. The molecule has 0 spiro atoms. The molecular weight excluding hydrogens is 344 g/mol. The Morgan fingerprint density at radius 3 is 2.44 bits per heavy atom. The van der Waals surface area contributed by atoms with Crippen molar-refractivity contribution >= 4 is 11.8 Å². The van der Waals surface area contributed by atoms with Crippen molar-refractivity contribution in [2.24, 2.45) is 0 Å². The SMILES string of the molecule is Cc1noc(C)c1CC(=O)N1C2CCC1CC(NC(=O)c1ccncc1)C2. The lowest BCUT2D eigenvalue weighted by Gasteiger charge is -2.39. The summed E-state index contributed by atoms with van der Waals surface area (Å²) in [6, 6.07) is 3.92. The minimum absolute atomic E-state index is 0.0719. The highest BCUT2D eigenvalue weighted by Crippen LogP contribution is 2.36. The van der Waals surface area contributed by atoms with Crippen molar-refractivity contribution in [1.29, 1.82) is 0 Å². The van der Waals surface area contributed by atoms with E-state index in [0.29, 0.717) is 17.7 Å². The standard InChI is InChI=1S/C20H24N4O3/c1-12-18(13(2)27-23-12)11-19(25)24-16-3-4-17(24)10-15(9-16)22-20(26)14-5-7-21-8-6-14/h5-8,15-17H,3-4,9-11H2,1-2H3,(H,22,26). The van der Waals surface area contributed by atoms with E-state index in [1.807, 2.05) is 18.7 Å². The Hall–Kier alpha value is -2.70. The largest absolute Gasteiger partial charge is 0.361 e. The molecule has 0 aromatic carbocycles. The summed E-state index contributed by atoms with van der Waals surface area (Å²) in [6.45, 7) is 3.71. The molecule has 2 unspecified atom stereocenters. The molecule has 2 aromatic rings. The lowest BCUT2D eigenvalue weighted by molar-refractivity contribution is -0.135. The highest BCUT2D eigenvalue weighted by Gasteiger charge is 2.43. The zero-order chi connectivity index (χ0) is 19.0. The van der Waals surface area contributed by atoms with E-state index in [1.54, 1.807) is 24.5 Å². The van der Waals surface area contributed by atoms with Crippen LogP contribution in [0.3, 0.4) is 0 Å². The summed E-state index contributed by atoms with van der Waals surface area (Å²) in [6.07, 6.45) is 7.19. The van der Waals surface area contributed by atoms with Crippen molar-refractivity contribution in [3.05, 3.63) is 47.1 Å². The van der Waals surface area contributed by atoms with Gasteiger partial charge < -0.3 is 14.7 Å². The van der Waals surface area contributed by atoms with Crippen LogP contribution in [-0.2, 0) is 11.2 Å². The number of carbonyl (C=O) groups is 2. The molecule has 1 N–H and O–H groups in total. The second kappa shape index (κ2) is 7.13. The van der Waals surface area contributed by atoms with E-state index in [4.69, 9.17) is 4.52 Å². The molecule has 2 atom stereocenters. The van der Waals surface area contributed by atoms with Crippen molar-refractivity contribution < 1.29 is 14.1 Å². The van der Waals surface area contributed by atoms with E-state index in [2.05, 4.69) is 15.5 Å². The second-order valence-corrected chi connectivity index (χ2v) is 7.54. The number of hydrogen-bond donors (Lipinski definition) is 1. The van der Waals surface area contributed by atoms with Crippen LogP contribution in [0.15, 0.2) is 29.0 Å². The number of carbonyl (C=O) groups excluding carboxylic acids is 2. The maximum Gasteiger partial charge on any atom is 0.251 e. The van der Waals surface area contributed by atoms with Crippen LogP contribution in [0.2, 0.25) is 0 Å². The van der Waals surface area contributed by atoms with Gasteiger partial charge in [0.15, 0.2) is 0 Å². The lowest BCUT2D eigenvalue weighted by atomic mass is 9.96. The predicted molar refractivity (Wildman–Crippen MR) is 98.1 cm³/mol. The molecule has 27 heavy (non-hydrogen) atoms. The van der Waals surface area contributed by atoms with Crippen LogP contribution in [0.25, 0.3) is 0 Å². The van der Waals surface area contributed by atoms with Crippen LogP contribution in [0.4, 0.5) is 0 Å². The maximum atomic E-state index is 12.9. The van der Waals surface area contributed by atoms with Crippen molar-refractivity contribution in [3.8, 4) is 0 Å². The Morgan fingerprint density at radius 2 is 1.85 bits per heavy atom. The van der Waals surface area contributed by atoms with Gasteiger partial charge in [-0.05, 0) is 51.7 Å². The first-order chi connectivity index (χ1) is 13.0. The minimum Gasteiger partial charge on any atom is -0.361 e. The summed E-state index contributed by atoms with van der Waals surface area (Å²) in [7, 11) is 0. The van der Waals surface area contributed by atoms with Gasteiger partial charge in [0.1, 0.15) is 5.76 Å². The average molecular weight is 368 g/mol. The molecular formula is C20H24N4O3. The third-order valence-corrected chi connectivity index (χ3v) is 5.81. The molecule has 2 saturated heterocycles. The zero-order valence-electron chi connectivity index (χ0n) is 15.6. The number of nitrogens with one attached hydrogen (secondary N) is 1. The third kappa shape index (κ3) is 3.46. The average Bonchev–Trinajstić information content (AvgIpc) is 3.12. The number of amides is 2. The van der Waals surface area contributed by atoms with E-state index in [1.165, 1.54) is 0 Å². The molecule has 142 valence electrons. The molecule has 4 heterocycles. The quantitative estimate of drug-likeness (QED) is 0.894. The van der Waals surface area contributed by atoms with Gasteiger partial charge in [-0.25, -0.2) is 0 Å². The molecule has 2 aliphatic rings. The zero-order valence-corrected chi connectivity index (χ0v) is 15.6. The summed E-state index contributed by atoms with van der Waals surface area (Å²) < 4.78 is 5.18. The fourth-order valence-electron chi connectivity index (χ4n) is 4.47. The fourth-order valence-corrected chi connectivity index (χ4v) is 4.47. The molecule has 0 radical (unpaired) electrons. The summed E-state index contributed by atoms with van der Waals surface area (Å²) >= 11 is 0. The molecule has 7 nitrogen and oxygen atoms in total. The monoisotopic (exact) mass is 368 g/mol. The Morgan fingerprint density at radius 1 is 1.19 bits per heavy atom. The van der Waals surface area contributed by atoms with Crippen LogP contribution in [0.5, 0.6) is 0 Å². The van der Waals surface area contributed by atoms with Crippen LogP contribution in [-0.4, -0.2) is 45.0 Å². The van der Waals surface area contributed by atoms with Crippen molar-refractivity contribution in [2.45, 2.75) is 64.1 Å². The van der Waals surface area contributed by atoms with E-state index < -0.39 is 0 Å². The second-order valence-electron chi connectivity index (χ2n) is 7.54. The number of aryl methyl sites for hydroxylation is 2. The van der Waals surface area contributed by atoms with Gasteiger partial charge in [0.25, 0.3) is 5.91 Å². The van der Waals surface area contributed by atoms with E-state index >= 15 is 0 Å². The number of hydrogen-bond acceptors (Lipinski definition) is 5. The number of nitrogens with zero attached hydrogens (tertiary/aromatic N) is 3. The number of aromatic nitrogens is 2. The topological polar surface area (TPSA) is 88.3 Å². The van der Waals surface area contributed by atoms with Crippen LogP contribution < -0.4 is 5.32 Å². The maximum absolute atomic E-state index is 12.9. The molecule has 4 rings (SSSR count). The third-order valence-electron chi connectivity index (χ3n) is 5.81. The molecule has 2 amide bonds. The minimum atomic E-state index is -0.0719. The Labute approximate surface area is 158 Å². The van der Waals surface area contributed by atoms with Crippen molar-refractivity contribution in [1.82, 2.24) is 20.4 Å². The molecule has 7 heteroatoms. The number of rotatable bonds is 4. The van der Waals surface area contributed by atoms with E-state index in [9.17, 15) is 9.59 Å². The highest BCUT2D eigenvalue weighted by molar-refractivity contribution is 5.94. The van der Waals surface area contributed by atoms with Gasteiger partial charge in [-0.1, -0.05) is 5.16 Å². The summed E-state index contributed by atoms with van der Waals surface area (Å²) in [5.74, 6) is 0.779. The first-order valence-electron chi connectivity index (χ1n) is 9.46. The number of piperidine rings is 1. The van der Waals surface area contributed by atoms with Crippen LogP contribution in [0, 0.1) is 13.8 Å². The molecule has 2 bridgehead atoms. The van der Waals surface area contributed by atoms with Gasteiger partial charge >= 0.3 is 0 Å². The van der Waals surface area contributed by atoms with Gasteiger partial charge in [0.2, 0.25) is 5.91 Å². The van der Waals surface area contributed by atoms with Crippen LogP contribution >= 0.6 is 0 Å². The molecule has 2 fully saturated rings. The molecule has 2 aromatic heterocycles. The summed E-state index contributed by atoms with van der Waals surface area (Å²) in [5.41, 5.74) is 2.30. The van der Waals surface area contributed by atoms with E-state index in [-0.39, 0.29) is 29.9 Å². The lowest BCUT2D eigenvalue weighted by Crippen LogP contribution is -2.52. The van der Waals surface area contributed by atoms with E-state index in [0.717, 1.165) is 36.9 Å². The Balaban J connectivity index is 1.40. The number of pyridine rings is 1. The molecule has 2 aliphatic heterocycles. The van der Waals surface area contributed by atoms with Crippen molar-refractivity contribution in [2.75, 3.05) is 0 Å². The predicted octanol–water partition coefficient (Wildman–Crippen LogP) is 2.18. The first kappa shape index (κ1) is 17.7. The smallest absolute Gasteiger partial charge is 0.251 e. The van der Waals surface area contributed by atoms with Gasteiger partial charge in [0.05, 0.1) is 12.1 Å². The van der Waals surface area contributed by atoms with Gasteiger partial charge in [-0.15, -0.1) is 0 Å². The normalized spacial score (nSPS) is 24.1. The summed E-state index contributed by atoms with van der Waals surface area (Å²) in [4.78, 5) is 31.3. The van der Waals surface area contributed by atoms with Gasteiger partial charge in [-0.3, -0.25) is 14.6 Å². The molecule has 0 saturated carbocycles. The molecule has 0 aliphatic carbocycles.